The molecular formula is C24H28N2O7. The number of carbonyl (C=O) groups is 2. The third kappa shape index (κ3) is 4.35. The molecule has 0 radical (unpaired) electrons. The van der Waals surface area contributed by atoms with Gasteiger partial charge in [-0.2, -0.15) is 0 Å². The molecule has 0 aliphatic carbocycles. The van der Waals surface area contributed by atoms with Gasteiger partial charge < -0.3 is 29.0 Å². The quantitative estimate of drug-likeness (QED) is 0.708. The van der Waals surface area contributed by atoms with Crippen LogP contribution in [0.25, 0.3) is 0 Å². The Labute approximate surface area is 192 Å². The van der Waals surface area contributed by atoms with Crippen molar-refractivity contribution >= 4 is 17.7 Å². The van der Waals surface area contributed by atoms with Gasteiger partial charge in [-0.1, -0.05) is 0 Å². The molecule has 0 saturated carbocycles. The average Bonchev–Trinajstić information content (AvgIpc) is 3.29. The first-order valence-electron chi connectivity index (χ1n) is 10.9. The Morgan fingerprint density at radius 1 is 1.09 bits per heavy atom. The Morgan fingerprint density at radius 3 is 2.55 bits per heavy atom. The van der Waals surface area contributed by atoms with Crippen LogP contribution in [-0.4, -0.2) is 52.2 Å². The Morgan fingerprint density at radius 2 is 1.82 bits per heavy atom. The third-order valence-electron chi connectivity index (χ3n) is 5.91. The molecule has 33 heavy (non-hydrogen) atoms. The number of ether oxygens (including phenoxy) is 5. The van der Waals surface area contributed by atoms with E-state index in [1.807, 2.05) is 13.0 Å². The first-order valence-corrected chi connectivity index (χ1v) is 10.9. The second-order valence-corrected chi connectivity index (χ2v) is 7.89. The molecule has 2 aromatic rings. The SMILES string of the molecule is CCOC(=O)N1c2cc(OC)c(OC)cc2C(CNC(=O)c2ccc3c(c2)OCO3)CC1C. The molecular weight excluding hydrogens is 428 g/mol. The van der Waals surface area contributed by atoms with E-state index in [9.17, 15) is 9.59 Å². The van der Waals surface area contributed by atoms with Gasteiger partial charge in [0.25, 0.3) is 5.91 Å². The van der Waals surface area contributed by atoms with Crippen LogP contribution >= 0.6 is 0 Å². The van der Waals surface area contributed by atoms with Crippen LogP contribution in [0, 0.1) is 0 Å². The number of nitrogens with one attached hydrogen (secondary N) is 1. The average molecular weight is 456 g/mol. The minimum absolute atomic E-state index is 0.0431. The smallest absolute Gasteiger partial charge is 0.414 e. The van der Waals surface area contributed by atoms with Crippen molar-refractivity contribution in [2.24, 2.45) is 0 Å². The zero-order valence-electron chi connectivity index (χ0n) is 19.2. The van der Waals surface area contributed by atoms with Gasteiger partial charge in [-0.3, -0.25) is 9.69 Å². The van der Waals surface area contributed by atoms with Crippen molar-refractivity contribution in [3.63, 3.8) is 0 Å². The summed E-state index contributed by atoms with van der Waals surface area (Å²) in [5.74, 6) is 2.00. The Kier molecular flexibility index (Phi) is 6.48. The van der Waals surface area contributed by atoms with Crippen LogP contribution in [-0.2, 0) is 4.74 Å². The van der Waals surface area contributed by atoms with Gasteiger partial charge in [0, 0.05) is 30.1 Å². The van der Waals surface area contributed by atoms with Crippen LogP contribution in [0.15, 0.2) is 30.3 Å². The largest absolute Gasteiger partial charge is 0.493 e. The maximum atomic E-state index is 12.8. The molecule has 0 aromatic heterocycles. The highest BCUT2D eigenvalue weighted by atomic mass is 16.7. The topological polar surface area (TPSA) is 95.6 Å². The van der Waals surface area contributed by atoms with Crippen LogP contribution in [0.2, 0.25) is 0 Å². The molecule has 2 amide bonds. The van der Waals surface area contributed by atoms with Crippen molar-refractivity contribution < 1.29 is 33.3 Å². The van der Waals surface area contributed by atoms with Gasteiger partial charge in [0.05, 0.1) is 26.5 Å². The van der Waals surface area contributed by atoms with Gasteiger partial charge in [-0.25, -0.2) is 4.79 Å². The van der Waals surface area contributed by atoms with Crippen molar-refractivity contribution in [3.8, 4) is 23.0 Å². The number of fused-ring (bicyclic) bond motifs is 2. The molecule has 2 aromatic carbocycles. The minimum Gasteiger partial charge on any atom is -0.493 e. The third-order valence-corrected chi connectivity index (χ3v) is 5.91. The maximum absolute atomic E-state index is 12.8. The molecule has 4 rings (SSSR count). The summed E-state index contributed by atoms with van der Waals surface area (Å²) >= 11 is 0. The predicted octanol–water partition coefficient (Wildman–Crippen LogP) is 3.70. The highest BCUT2D eigenvalue weighted by Crippen LogP contribution is 2.44. The van der Waals surface area contributed by atoms with Crippen LogP contribution in [0.5, 0.6) is 23.0 Å². The maximum Gasteiger partial charge on any atom is 0.414 e. The van der Waals surface area contributed by atoms with Gasteiger partial charge in [-0.05, 0) is 50.1 Å². The molecule has 9 heteroatoms. The Bertz CT molecular complexity index is 1060. The molecule has 2 aliphatic heterocycles. The number of hydrogen-bond donors (Lipinski definition) is 1. The lowest BCUT2D eigenvalue weighted by molar-refractivity contribution is 0.0949. The van der Waals surface area contributed by atoms with Gasteiger partial charge in [0.1, 0.15) is 0 Å². The summed E-state index contributed by atoms with van der Waals surface area (Å²) in [7, 11) is 3.11. The van der Waals surface area contributed by atoms with Crippen LogP contribution in [0.3, 0.4) is 0 Å². The van der Waals surface area contributed by atoms with Crippen molar-refractivity contribution in [2.75, 3.05) is 39.1 Å². The van der Waals surface area contributed by atoms with E-state index in [0.717, 1.165) is 5.56 Å². The zero-order valence-corrected chi connectivity index (χ0v) is 19.2. The minimum atomic E-state index is -0.415. The van der Waals surface area contributed by atoms with Crippen molar-refractivity contribution in [2.45, 2.75) is 32.2 Å². The van der Waals surface area contributed by atoms with Gasteiger partial charge in [-0.15, -0.1) is 0 Å². The molecule has 2 heterocycles. The normalized spacial score (nSPS) is 18.4. The highest BCUT2D eigenvalue weighted by molar-refractivity contribution is 5.95. The summed E-state index contributed by atoms with van der Waals surface area (Å²) < 4.78 is 26.9. The molecule has 2 atom stereocenters. The fourth-order valence-electron chi connectivity index (χ4n) is 4.32. The summed E-state index contributed by atoms with van der Waals surface area (Å²) in [6.45, 7) is 4.55. The number of rotatable bonds is 6. The van der Waals surface area contributed by atoms with Crippen LogP contribution < -0.4 is 29.2 Å². The first kappa shape index (κ1) is 22.6. The molecule has 0 spiro atoms. The van der Waals surface area contributed by atoms with Crippen molar-refractivity contribution in [1.82, 2.24) is 5.32 Å². The van der Waals surface area contributed by atoms with Crippen molar-refractivity contribution in [1.29, 1.82) is 0 Å². The van der Waals surface area contributed by atoms with Crippen LogP contribution in [0.4, 0.5) is 10.5 Å². The standard InChI is InChI=1S/C24H28N2O7/c1-5-31-24(28)26-14(2)8-16(17-10-20(29-3)21(30-4)11-18(17)26)12-25-23(27)15-6-7-19-22(9-15)33-13-32-19/h6-7,9-11,14,16H,5,8,12-13H2,1-4H3,(H,25,27). The lowest BCUT2D eigenvalue weighted by Crippen LogP contribution is -2.45. The molecule has 0 saturated heterocycles. The Balaban J connectivity index is 1.60. The van der Waals surface area contributed by atoms with E-state index < -0.39 is 6.09 Å². The number of nitrogens with zero attached hydrogens (tertiary/aromatic N) is 1. The molecule has 9 nitrogen and oxygen atoms in total. The number of benzene rings is 2. The molecule has 0 bridgehead atoms. The van der Waals surface area contributed by atoms with E-state index in [0.29, 0.717) is 47.2 Å². The monoisotopic (exact) mass is 456 g/mol. The second kappa shape index (κ2) is 9.48. The fourth-order valence-corrected chi connectivity index (χ4v) is 4.32. The number of anilines is 1. The first-order chi connectivity index (χ1) is 16.0. The lowest BCUT2D eigenvalue weighted by Gasteiger charge is -2.39. The number of methoxy groups -OCH3 is 2. The Hall–Kier alpha value is -3.62. The highest BCUT2D eigenvalue weighted by Gasteiger charge is 2.36. The van der Waals surface area contributed by atoms with E-state index in [4.69, 9.17) is 23.7 Å². The lowest BCUT2D eigenvalue weighted by atomic mass is 9.85. The van der Waals surface area contributed by atoms with E-state index in [1.54, 1.807) is 50.3 Å². The summed E-state index contributed by atoms with van der Waals surface area (Å²) in [6, 6.07) is 8.62. The molecule has 1 N–H and O–H groups in total. The van der Waals surface area contributed by atoms with E-state index in [1.165, 1.54) is 0 Å². The summed E-state index contributed by atoms with van der Waals surface area (Å²) in [5, 5.41) is 3.01. The summed E-state index contributed by atoms with van der Waals surface area (Å²) in [5.41, 5.74) is 2.06. The van der Waals surface area contributed by atoms with E-state index in [-0.39, 0.29) is 31.3 Å². The molecule has 176 valence electrons. The molecule has 2 unspecified atom stereocenters. The van der Waals surface area contributed by atoms with Gasteiger partial charge in [0.2, 0.25) is 6.79 Å². The molecule has 0 fully saturated rings. The molecule has 2 aliphatic rings. The van der Waals surface area contributed by atoms with E-state index >= 15 is 0 Å². The van der Waals surface area contributed by atoms with E-state index in [2.05, 4.69) is 5.32 Å². The number of hydrogen-bond acceptors (Lipinski definition) is 7. The summed E-state index contributed by atoms with van der Waals surface area (Å²) in [6.07, 6.45) is 0.226. The predicted molar refractivity (Wildman–Crippen MR) is 121 cm³/mol. The van der Waals surface area contributed by atoms with Crippen molar-refractivity contribution in [3.05, 3.63) is 41.5 Å². The summed E-state index contributed by atoms with van der Waals surface area (Å²) in [4.78, 5) is 27.2. The number of carbonyl (C=O) groups excluding carboxylic acids is 2. The van der Waals surface area contributed by atoms with Gasteiger partial charge >= 0.3 is 6.09 Å². The van der Waals surface area contributed by atoms with Gasteiger partial charge in [0.15, 0.2) is 23.0 Å². The fraction of sp³-hybridized carbons (Fsp3) is 0.417. The second-order valence-electron chi connectivity index (χ2n) is 7.89. The zero-order chi connectivity index (χ0) is 23.5. The van der Waals surface area contributed by atoms with Crippen LogP contribution in [0.1, 0.15) is 42.1 Å². The number of amides is 2.